The number of carbonyl (C=O) groups excluding carboxylic acids is 1. The van der Waals surface area contributed by atoms with Crippen molar-refractivity contribution < 1.29 is 19.0 Å². The number of esters is 1. The third-order valence-corrected chi connectivity index (χ3v) is 4.72. The van der Waals surface area contributed by atoms with E-state index < -0.39 is 5.97 Å². The zero-order valence-corrected chi connectivity index (χ0v) is 16.3. The minimum atomic E-state index is -0.529. The molecule has 0 amide bonds. The Morgan fingerprint density at radius 1 is 1.10 bits per heavy atom. The lowest BCUT2D eigenvalue weighted by Crippen LogP contribution is -2.19. The van der Waals surface area contributed by atoms with Crippen LogP contribution in [0.1, 0.15) is 16.1 Å². The van der Waals surface area contributed by atoms with Crippen molar-refractivity contribution in [1.82, 2.24) is 19.2 Å². The Bertz CT molecular complexity index is 1320. The summed E-state index contributed by atoms with van der Waals surface area (Å²) >= 11 is 0. The zero-order valence-electron chi connectivity index (χ0n) is 16.3. The highest BCUT2D eigenvalue weighted by molar-refractivity contribution is 5.98. The number of fused-ring (bicyclic) bond motifs is 3. The van der Waals surface area contributed by atoms with Gasteiger partial charge in [0, 0.05) is 18.5 Å². The molecular formula is C20H18N4O5. The molecule has 0 aliphatic heterocycles. The van der Waals surface area contributed by atoms with Gasteiger partial charge in [-0.3, -0.25) is 9.36 Å². The Labute approximate surface area is 165 Å². The summed E-state index contributed by atoms with van der Waals surface area (Å²) in [7, 11) is 4.38. The number of ether oxygens (including phenoxy) is 3. The number of aromatic nitrogens is 4. The number of aryl methyl sites for hydroxylation is 1. The maximum atomic E-state index is 13.2. The third kappa shape index (κ3) is 2.78. The molecule has 0 unspecified atom stereocenters. The molecule has 148 valence electrons. The van der Waals surface area contributed by atoms with Crippen LogP contribution in [0.2, 0.25) is 0 Å². The van der Waals surface area contributed by atoms with E-state index in [1.807, 2.05) is 0 Å². The molecule has 9 heteroatoms. The number of methoxy groups -OCH3 is 3. The second kappa shape index (κ2) is 6.93. The number of benzene rings is 1. The van der Waals surface area contributed by atoms with Gasteiger partial charge in [0.05, 0.1) is 43.6 Å². The Morgan fingerprint density at radius 3 is 2.59 bits per heavy atom. The van der Waals surface area contributed by atoms with E-state index >= 15 is 0 Å². The number of hydrogen-bond donors (Lipinski definition) is 0. The summed E-state index contributed by atoms with van der Waals surface area (Å²) in [5.74, 6) is 0.579. The predicted octanol–water partition coefficient (Wildman–Crippen LogP) is 2.15. The van der Waals surface area contributed by atoms with Crippen LogP contribution in [-0.2, 0) is 4.74 Å². The molecule has 0 spiro atoms. The van der Waals surface area contributed by atoms with Crippen molar-refractivity contribution in [2.24, 2.45) is 0 Å². The van der Waals surface area contributed by atoms with E-state index in [-0.39, 0.29) is 11.1 Å². The summed E-state index contributed by atoms with van der Waals surface area (Å²) in [4.78, 5) is 29.6. The molecule has 3 heterocycles. The first-order valence-corrected chi connectivity index (χ1v) is 8.70. The number of pyridine rings is 1. The lowest BCUT2D eigenvalue weighted by atomic mass is 10.2. The van der Waals surface area contributed by atoms with Crippen molar-refractivity contribution in [3.8, 4) is 17.2 Å². The van der Waals surface area contributed by atoms with Crippen LogP contribution in [0.5, 0.6) is 11.5 Å². The zero-order chi connectivity index (χ0) is 20.7. The van der Waals surface area contributed by atoms with Gasteiger partial charge in [-0.15, -0.1) is 0 Å². The van der Waals surface area contributed by atoms with E-state index in [2.05, 4.69) is 10.1 Å². The van der Waals surface area contributed by atoms with Crippen molar-refractivity contribution in [2.75, 3.05) is 21.3 Å². The van der Waals surface area contributed by atoms with Gasteiger partial charge in [0.15, 0.2) is 5.65 Å². The van der Waals surface area contributed by atoms with Crippen molar-refractivity contribution in [3.05, 3.63) is 58.3 Å². The van der Waals surface area contributed by atoms with Crippen molar-refractivity contribution in [2.45, 2.75) is 6.92 Å². The van der Waals surface area contributed by atoms with E-state index in [1.165, 1.54) is 29.5 Å². The second-order valence-electron chi connectivity index (χ2n) is 6.27. The molecule has 0 atom stereocenters. The van der Waals surface area contributed by atoms with Crippen LogP contribution < -0.4 is 15.0 Å². The van der Waals surface area contributed by atoms with E-state index in [0.717, 1.165) is 0 Å². The van der Waals surface area contributed by atoms with Crippen LogP contribution >= 0.6 is 0 Å². The lowest BCUT2D eigenvalue weighted by molar-refractivity contribution is 0.0602. The normalized spacial score (nSPS) is 11.0. The lowest BCUT2D eigenvalue weighted by Gasteiger charge is -2.13. The summed E-state index contributed by atoms with van der Waals surface area (Å²) in [6.45, 7) is 1.69. The van der Waals surface area contributed by atoms with Crippen LogP contribution in [0.25, 0.3) is 22.2 Å². The van der Waals surface area contributed by atoms with Crippen molar-refractivity contribution in [3.63, 3.8) is 0 Å². The minimum Gasteiger partial charge on any atom is -0.497 e. The van der Waals surface area contributed by atoms with Gasteiger partial charge >= 0.3 is 5.97 Å². The Hall–Kier alpha value is -3.88. The molecule has 29 heavy (non-hydrogen) atoms. The third-order valence-electron chi connectivity index (χ3n) is 4.72. The smallest absolute Gasteiger partial charge is 0.343 e. The molecule has 0 fully saturated rings. The van der Waals surface area contributed by atoms with Crippen LogP contribution in [0.15, 0.2) is 41.5 Å². The molecule has 3 aromatic heterocycles. The SMILES string of the molecule is COC(=O)c1c(C)nn2c1ncc1c(=O)n(-c3cc(OC)ccc3OC)ccc12. The van der Waals surface area contributed by atoms with Crippen LogP contribution in [-0.4, -0.2) is 46.5 Å². The summed E-state index contributed by atoms with van der Waals surface area (Å²) in [5.41, 5.74) is 1.82. The largest absolute Gasteiger partial charge is 0.497 e. The highest BCUT2D eigenvalue weighted by Gasteiger charge is 2.21. The predicted molar refractivity (Wildman–Crippen MR) is 105 cm³/mol. The summed E-state index contributed by atoms with van der Waals surface area (Å²) < 4.78 is 18.4. The highest BCUT2D eigenvalue weighted by Crippen LogP contribution is 2.27. The molecule has 0 saturated heterocycles. The fourth-order valence-electron chi connectivity index (χ4n) is 3.29. The number of carbonyl (C=O) groups is 1. The van der Waals surface area contributed by atoms with Crippen LogP contribution in [0.3, 0.4) is 0 Å². The first-order chi connectivity index (χ1) is 14.0. The highest BCUT2D eigenvalue weighted by atomic mass is 16.5. The summed E-state index contributed by atoms with van der Waals surface area (Å²) in [6.07, 6.45) is 3.06. The molecule has 0 aliphatic rings. The molecule has 4 rings (SSSR count). The van der Waals surface area contributed by atoms with Crippen molar-refractivity contribution in [1.29, 1.82) is 0 Å². The second-order valence-corrected chi connectivity index (χ2v) is 6.27. The summed E-state index contributed by atoms with van der Waals surface area (Å²) in [5, 5.41) is 4.71. The van der Waals surface area contributed by atoms with Gasteiger partial charge in [0.25, 0.3) is 5.56 Å². The van der Waals surface area contributed by atoms with Gasteiger partial charge in [-0.25, -0.2) is 14.3 Å². The van der Waals surface area contributed by atoms with E-state index in [0.29, 0.717) is 39.4 Å². The molecule has 0 saturated carbocycles. The topological polar surface area (TPSA) is 97.0 Å². The number of nitrogens with zero attached hydrogens (tertiary/aromatic N) is 4. The van der Waals surface area contributed by atoms with Gasteiger partial charge in [0.1, 0.15) is 17.1 Å². The fourth-order valence-corrected chi connectivity index (χ4v) is 3.29. The first kappa shape index (κ1) is 18.5. The number of hydrogen-bond acceptors (Lipinski definition) is 7. The van der Waals surface area contributed by atoms with Crippen molar-refractivity contribution >= 4 is 22.5 Å². The molecule has 0 N–H and O–H groups in total. The van der Waals surface area contributed by atoms with Crippen LogP contribution in [0, 0.1) is 6.92 Å². The molecule has 9 nitrogen and oxygen atoms in total. The van der Waals surface area contributed by atoms with E-state index in [9.17, 15) is 9.59 Å². The number of rotatable bonds is 4. The molecule has 1 aromatic carbocycles. The van der Waals surface area contributed by atoms with Gasteiger partial charge in [-0.2, -0.15) is 5.10 Å². The molecule has 4 aromatic rings. The monoisotopic (exact) mass is 394 g/mol. The average molecular weight is 394 g/mol. The van der Waals surface area contributed by atoms with Gasteiger partial charge in [-0.05, 0) is 25.1 Å². The van der Waals surface area contributed by atoms with Gasteiger partial charge in [0.2, 0.25) is 0 Å². The van der Waals surface area contributed by atoms with Crippen LogP contribution in [0.4, 0.5) is 0 Å². The minimum absolute atomic E-state index is 0.271. The Balaban J connectivity index is 2.00. The maximum absolute atomic E-state index is 13.2. The molecular weight excluding hydrogens is 376 g/mol. The molecule has 0 bridgehead atoms. The molecule has 0 radical (unpaired) electrons. The van der Waals surface area contributed by atoms with E-state index in [4.69, 9.17) is 14.2 Å². The maximum Gasteiger partial charge on any atom is 0.343 e. The van der Waals surface area contributed by atoms with Gasteiger partial charge < -0.3 is 14.2 Å². The average Bonchev–Trinajstić information content (AvgIpc) is 3.09. The molecule has 0 aliphatic carbocycles. The summed E-state index contributed by atoms with van der Waals surface area (Å²) in [6, 6.07) is 6.93. The van der Waals surface area contributed by atoms with Gasteiger partial charge in [-0.1, -0.05) is 0 Å². The quantitative estimate of drug-likeness (QED) is 0.489. The fraction of sp³-hybridized carbons (Fsp3) is 0.200. The Kier molecular flexibility index (Phi) is 4.42. The van der Waals surface area contributed by atoms with E-state index in [1.54, 1.807) is 44.5 Å². The standard InChI is InChI=1S/C20H18N4O5/c1-11-17(20(26)29-4)18-21-10-13-14(24(18)22-11)7-8-23(19(13)25)15-9-12(27-2)5-6-16(15)28-3/h5-10H,1-4H3. The first-order valence-electron chi connectivity index (χ1n) is 8.70. The Morgan fingerprint density at radius 2 is 1.90 bits per heavy atom.